The molecule has 1 fully saturated rings. The highest BCUT2D eigenvalue weighted by atomic mass is 32.1. The number of urea groups is 1. The summed E-state index contributed by atoms with van der Waals surface area (Å²) >= 11 is 1.42. The van der Waals surface area contributed by atoms with Crippen molar-refractivity contribution in [1.82, 2.24) is 19.2 Å². The van der Waals surface area contributed by atoms with Gasteiger partial charge in [0.25, 0.3) is 0 Å². The molecule has 2 amide bonds. The number of anilines is 2. The quantitative estimate of drug-likeness (QED) is 0.508. The van der Waals surface area contributed by atoms with Gasteiger partial charge in [-0.2, -0.15) is 4.37 Å². The van der Waals surface area contributed by atoms with E-state index in [1.54, 1.807) is 19.5 Å². The predicted octanol–water partition coefficient (Wildman–Crippen LogP) is 4.12. The van der Waals surface area contributed by atoms with Crippen LogP contribution < -0.4 is 15.0 Å². The van der Waals surface area contributed by atoms with Crippen molar-refractivity contribution in [2.24, 2.45) is 0 Å². The minimum absolute atomic E-state index is 0.116. The number of aromatic nitrogens is 3. The van der Waals surface area contributed by atoms with Gasteiger partial charge in [0.2, 0.25) is 0 Å². The van der Waals surface area contributed by atoms with Crippen LogP contribution in [0.2, 0.25) is 0 Å². The number of benzene rings is 2. The first-order valence-corrected chi connectivity index (χ1v) is 11.1. The Bertz CT molecular complexity index is 1240. The fourth-order valence-corrected chi connectivity index (χ4v) is 4.66. The standard InChI is InChI=1S/C23H22N6O2S/c1-31-18-9-5-8-17(14-18)26-23(30)29-12-10-28(11-13-29)22-21-20(24-15-25-22)19(27-32-21)16-6-3-2-4-7-16/h2-9,14-15H,10-13H2,1H3,(H,26,30). The molecule has 9 heteroatoms. The van der Waals surface area contributed by atoms with Gasteiger partial charge < -0.3 is 19.9 Å². The Balaban J connectivity index is 1.29. The number of fused-ring (bicyclic) bond motifs is 1. The van der Waals surface area contributed by atoms with Crippen LogP contribution in [0.25, 0.3) is 21.5 Å². The lowest BCUT2D eigenvalue weighted by atomic mass is 10.1. The summed E-state index contributed by atoms with van der Waals surface area (Å²) in [6.07, 6.45) is 1.60. The van der Waals surface area contributed by atoms with E-state index < -0.39 is 0 Å². The highest BCUT2D eigenvalue weighted by Gasteiger charge is 2.25. The summed E-state index contributed by atoms with van der Waals surface area (Å²) < 4.78 is 10.8. The summed E-state index contributed by atoms with van der Waals surface area (Å²) in [5.74, 6) is 1.59. The van der Waals surface area contributed by atoms with E-state index in [1.165, 1.54) is 11.5 Å². The molecule has 5 rings (SSSR count). The van der Waals surface area contributed by atoms with Gasteiger partial charge in [0.15, 0.2) is 5.82 Å². The van der Waals surface area contributed by atoms with Gasteiger partial charge in [0.1, 0.15) is 28.0 Å². The SMILES string of the molecule is COc1cccc(NC(=O)N2CCN(c3ncnc4c(-c5ccccc5)nsc34)CC2)c1. The summed E-state index contributed by atoms with van der Waals surface area (Å²) in [7, 11) is 1.61. The first-order valence-electron chi connectivity index (χ1n) is 10.3. The molecule has 3 heterocycles. The van der Waals surface area contributed by atoms with E-state index >= 15 is 0 Å². The van der Waals surface area contributed by atoms with Crippen LogP contribution >= 0.6 is 11.5 Å². The number of hydrogen-bond donors (Lipinski definition) is 1. The lowest BCUT2D eigenvalue weighted by Gasteiger charge is -2.35. The molecule has 0 atom stereocenters. The van der Waals surface area contributed by atoms with Gasteiger partial charge in [-0.3, -0.25) is 0 Å². The molecule has 162 valence electrons. The van der Waals surface area contributed by atoms with Crippen molar-refractivity contribution in [3.8, 4) is 17.0 Å². The normalized spacial score (nSPS) is 13.9. The second-order valence-corrected chi connectivity index (χ2v) is 8.18. The number of hydrogen-bond acceptors (Lipinski definition) is 7. The van der Waals surface area contributed by atoms with Gasteiger partial charge >= 0.3 is 6.03 Å². The molecule has 1 saturated heterocycles. The topological polar surface area (TPSA) is 83.5 Å². The maximum Gasteiger partial charge on any atom is 0.321 e. The molecule has 8 nitrogen and oxygen atoms in total. The van der Waals surface area contributed by atoms with Crippen molar-refractivity contribution in [1.29, 1.82) is 0 Å². The largest absolute Gasteiger partial charge is 0.497 e. The average molecular weight is 447 g/mol. The second kappa shape index (κ2) is 8.80. The number of ether oxygens (including phenoxy) is 1. The molecule has 1 N–H and O–H groups in total. The molecule has 2 aromatic heterocycles. The summed E-state index contributed by atoms with van der Waals surface area (Å²) in [5.41, 5.74) is 3.50. The lowest BCUT2D eigenvalue weighted by molar-refractivity contribution is 0.208. The van der Waals surface area contributed by atoms with Crippen molar-refractivity contribution in [2.45, 2.75) is 0 Å². The fourth-order valence-electron chi connectivity index (χ4n) is 3.79. The molecule has 0 spiro atoms. The number of carbonyl (C=O) groups excluding carboxylic acids is 1. The molecule has 2 aromatic carbocycles. The van der Waals surface area contributed by atoms with Crippen molar-refractivity contribution >= 4 is 39.3 Å². The van der Waals surface area contributed by atoms with Crippen LogP contribution in [0.15, 0.2) is 60.9 Å². The summed E-state index contributed by atoms with van der Waals surface area (Å²) in [6, 6.07) is 17.3. The fraction of sp³-hybridized carbons (Fsp3) is 0.217. The Morgan fingerprint density at radius 3 is 2.62 bits per heavy atom. The third-order valence-corrected chi connectivity index (χ3v) is 6.30. The minimum atomic E-state index is -0.116. The van der Waals surface area contributed by atoms with Crippen LogP contribution in [-0.2, 0) is 0 Å². The van der Waals surface area contributed by atoms with Crippen LogP contribution in [0.3, 0.4) is 0 Å². The van der Waals surface area contributed by atoms with Crippen molar-refractivity contribution in [3.63, 3.8) is 0 Å². The number of carbonyl (C=O) groups is 1. The van der Waals surface area contributed by atoms with Crippen molar-refractivity contribution < 1.29 is 9.53 Å². The molecular weight excluding hydrogens is 424 g/mol. The summed E-state index contributed by atoms with van der Waals surface area (Å²) in [4.78, 5) is 25.8. The number of amides is 2. The Morgan fingerprint density at radius 1 is 1.03 bits per heavy atom. The van der Waals surface area contributed by atoms with E-state index in [2.05, 4.69) is 24.6 Å². The molecule has 4 aromatic rings. The smallest absolute Gasteiger partial charge is 0.321 e. The molecule has 32 heavy (non-hydrogen) atoms. The van der Waals surface area contributed by atoms with Gasteiger partial charge in [-0.1, -0.05) is 36.4 Å². The first kappa shape index (κ1) is 20.2. The van der Waals surface area contributed by atoms with E-state index in [1.807, 2.05) is 53.4 Å². The first-order chi connectivity index (χ1) is 15.7. The highest BCUT2D eigenvalue weighted by molar-refractivity contribution is 7.14. The zero-order valence-corrected chi connectivity index (χ0v) is 18.4. The zero-order chi connectivity index (χ0) is 21.9. The molecule has 1 aliphatic rings. The third-order valence-electron chi connectivity index (χ3n) is 5.47. The van der Waals surface area contributed by atoms with Gasteiger partial charge in [-0.05, 0) is 23.7 Å². The molecule has 1 aliphatic heterocycles. The number of methoxy groups -OCH3 is 1. The molecule has 0 aliphatic carbocycles. The van der Waals surface area contributed by atoms with Crippen molar-refractivity contribution in [2.75, 3.05) is 43.5 Å². The Kier molecular flexibility index (Phi) is 5.55. The van der Waals surface area contributed by atoms with Crippen LogP contribution in [0.1, 0.15) is 0 Å². The van der Waals surface area contributed by atoms with Gasteiger partial charge in [0.05, 0.1) is 7.11 Å². The minimum Gasteiger partial charge on any atom is -0.497 e. The highest BCUT2D eigenvalue weighted by Crippen LogP contribution is 2.34. The van der Waals surface area contributed by atoms with E-state index in [9.17, 15) is 4.79 Å². The Labute approximate surface area is 189 Å². The second-order valence-electron chi connectivity index (χ2n) is 7.41. The number of nitrogens with zero attached hydrogens (tertiary/aromatic N) is 5. The van der Waals surface area contributed by atoms with Gasteiger partial charge in [-0.25, -0.2) is 14.8 Å². The maximum absolute atomic E-state index is 12.7. The average Bonchev–Trinajstić information content (AvgIpc) is 3.29. The van der Waals surface area contributed by atoms with Gasteiger partial charge in [-0.15, -0.1) is 0 Å². The van der Waals surface area contributed by atoms with Crippen LogP contribution in [0, 0.1) is 0 Å². The van der Waals surface area contributed by atoms with E-state index in [4.69, 9.17) is 4.74 Å². The van der Waals surface area contributed by atoms with E-state index in [0.29, 0.717) is 37.6 Å². The molecule has 0 radical (unpaired) electrons. The third kappa shape index (κ3) is 3.94. The maximum atomic E-state index is 12.7. The summed E-state index contributed by atoms with van der Waals surface area (Å²) in [6.45, 7) is 2.59. The molecule has 0 unspecified atom stereocenters. The van der Waals surface area contributed by atoms with Gasteiger partial charge in [0, 0.05) is 43.5 Å². The predicted molar refractivity (Wildman–Crippen MR) is 126 cm³/mol. The van der Waals surface area contributed by atoms with Crippen LogP contribution in [-0.4, -0.2) is 58.6 Å². The summed E-state index contributed by atoms with van der Waals surface area (Å²) in [5, 5.41) is 2.95. The number of piperazine rings is 1. The molecule has 0 bridgehead atoms. The Morgan fingerprint density at radius 2 is 1.84 bits per heavy atom. The number of rotatable bonds is 4. The lowest BCUT2D eigenvalue weighted by Crippen LogP contribution is -2.50. The monoisotopic (exact) mass is 446 g/mol. The molecule has 0 saturated carbocycles. The Hall–Kier alpha value is -3.72. The van der Waals surface area contributed by atoms with E-state index in [-0.39, 0.29) is 6.03 Å². The van der Waals surface area contributed by atoms with E-state index in [0.717, 1.165) is 27.3 Å². The van der Waals surface area contributed by atoms with Crippen LogP contribution in [0.4, 0.5) is 16.3 Å². The zero-order valence-electron chi connectivity index (χ0n) is 17.6. The molecular formula is C23H22N6O2S. The number of nitrogens with one attached hydrogen (secondary N) is 1. The van der Waals surface area contributed by atoms with Crippen molar-refractivity contribution in [3.05, 3.63) is 60.9 Å². The van der Waals surface area contributed by atoms with Crippen LogP contribution in [0.5, 0.6) is 5.75 Å².